The second-order valence-corrected chi connectivity index (χ2v) is 3.64. The van der Waals surface area contributed by atoms with Gasteiger partial charge in [-0.1, -0.05) is 0 Å². The van der Waals surface area contributed by atoms with Gasteiger partial charge in [-0.3, -0.25) is 14.4 Å². The van der Waals surface area contributed by atoms with Crippen LogP contribution >= 0.6 is 0 Å². The van der Waals surface area contributed by atoms with Crippen LogP contribution in [0.2, 0.25) is 0 Å². The zero-order valence-corrected chi connectivity index (χ0v) is 10.2. The average Bonchev–Trinajstić information content (AvgIpc) is 2.68. The number of ether oxygens (including phenoxy) is 2. The molecule has 0 unspecified atom stereocenters. The van der Waals surface area contributed by atoms with Crippen molar-refractivity contribution >= 4 is 17.7 Å². The standard InChI is InChI=1S/C10H10N4O5/c1-5(15)18-4-7-3-8(17)14-9(11-7)12-10(13-14)19-6(2)16/h3H,4H2,1-2H3,(H,11,12,13). The molecule has 0 aliphatic heterocycles. The molecule has 19 heavy (non-hydrogen) atoms. The third kappa shape index (κ3) is 2.94. The third-order valence-electron chi connectivity index (χ3n) is 2.03. The minimum atomic E-state index is -0.594. The van der Waals surface area contributed by atoms with E-state index in [0.717, 1.165) is 4.52 Å². The van der Waals surface area contributed by atoms with Gasteiger partial charge in [0.25, 0.3) is 5.56 Å². The van der Waals surface area contributed by atoms with Crippen molar-refractivity contribution in [2.45, 2.75) is 20.5 Å². The van der Waals surface area contributed by atoms with Gasteiger partial charge in [0.15, 0.2) is 0 Å². The highest BCUT2D eigenvalue weighted by Gasteiger charge is 2.11. The predicted octanol–water partition coefficient (Wildman–Crippen LogP) is -0.594. The lowest BCUT2D eigenvalue weighted by molar-refractivity contribution is -0.142. The summed E-state index contributed by atoms with van der Waals surface area (Å²) in [6.45, 7) is 2.36. The largest absolute Gasteiger partial charge is 0.459 e. The third-order valence-corrected chi connectivity index (χ3v) is 2.03. The number of esters is 2. The van der Waals surface area contributed by atoms with Crippen LogP contribution in [0.15, 0.2) is 10.9 Å². The van der Waals surface area contributed by atoms with Gasteiger partial charge in [0.2, 0.25) is 5.78 Å². The molecular formula is C10H10N4O5. The van der Waals surface area contributed by atoms with E-state index >= 15 is 0 Å². The van der Waals surface area contributed by atoms with Crippen molar-refractivity contribution in [3.05, 3.63) is 22.1 Å². The average molecular weight is 266 g/mol. The summed E-state index contributed by atoms with van der Waals surface area (Å²) in [5.41, 5.74) is -0.128. The van der Waals surface area contributed by atoms with Crippen LogP contribution in [0.4, 0.5) is 0 Å². The molecule has 1 N–H and O–H groups in total. The lowest BCUT2D eigenvalue weighted by atomic mass is 10.4. The summed E-state index contributed by atoms with van der Waals surface area (Å²) in [5.74, 6) is -0.975. The van der Waals surface area contributed by atoms with E-state index in [4.69, 9.17) is 4.74 Å². The van der Waals surface area contributed by atoms with E-state index in [-0.39, 0.29) is 18.4 Å². The summed E-state index contributed by atoms with van der Waals surface area (Å²) < 4.78 is 10.4. The Morgan fingerprint density at radius 3 is 2.74 bits per heavy atom. The molecule has 9 heteroatoms. The fourth-order valence-electron chi connectivity index (χ4n) is 1.35. The van der Waals surface area contributed by atoms with Crippen molar-refractivity contribution < 1.29 is 19.1 Å². The number of fused-ring (bicyclic) bond motifs is 1. The number of aromatic amines is 1. The Balaban J connectivity index is 2.36. The Morgan fingerprint density at radius 1 is 1.37 bits per heavy atom. The van der Waals surface area contributed by atoms with Crippen molar-refractivity contribution in [3.63, 3.8) is 0 Å². The molecule has 0 spiro atoms. The van der Waals surface area contributed by atoms with Crippen LogP contribution in [0.1, 0.15) is 19.5 Å². The van der Waals surface area contributed by atoms with E-state index in [0.29, 0.717) is 5.69 Å². The maximum absolute atomic E-state index is 11.7. The summed E-state index contributed by atoms with van der Waals surface area (Å²) >= 11 is 0. The van der Waals surface area contributed by atoms with Gasteiger partial charge in [-0.2, -0.15) is 9.50 Å². The molecule has 100 valence electrons. The molecule has 0 radical (unpaired) electrons. The number of nitrogens with one attached hydrogen (secondary N) is 1. The highest BCUT2D eigenvalue weighted by atomic mass is 16.5. The van der Waals surface area contributed by atoms with Crippen LogP contribution in [-0.2, 0) is 20.9 Å². The molecule has 0 amide bonds. The first-order valence-corrected chi connectivity index (χ1v) is 5.26. The topological polar surface area (TPSA) is 116 Å². The molecule has 2 rings (SSSR count). The Hall–Kier alpha value is -2.71. The van der Waals surface area contributed by atoms with Crippen LogP contribution in [0, 0.1) is 0 Å². The second-order valence-electron chi connectivity index (χ2n) is 3.64. The van der Waals surface area contributed by atoms with E-state index < -0.39 is 17.5 Å². The first-order chi connectivity index (χ1) is 8.95. The minimum Gasteiger partial charge on any atom is -0.459 e. The Bertz CT molecular complexity index is 701. The van der Waals surface area contributed by atoms with Gasteiger partial charge in [-0.15, -0.1) is 5.10 Å². The molecule has 0 aliphatic rings. The molecule has 2 aromatic heterocycles. The Morgan fingerprint density at radius 2 is 2.11 bits per heavy atom. The van der Waals surface area contributed by atoms with Gasteiger partial charge >= 0.3 is 17.9 Å². The molecule has 0 saturated heterocycles. The molecular weight excluding hydrogens is 256 g/mol. The van der Waals surface area contributed by atoms with Gasteiger partial charge in [-0.25, -0.2) is 0 Å². The van der Waals surface area contributed by atoms with Gasteiger partial charge in [-0.05, 0) is 0 Å². The fraction of sp³-hybridized carbons (Fsp3) is 0.300. The molecule has 2 aromatic rings. The first kappa shape index (κ1) is 12.7. The second kappa shape index (κ2) is 4.88. The van der Waals surface area contributed by atoms with E-state index in [1.807, 2.05) is 0 Å². The molecule has 0 fully saturated rings. The predicted molar refractivity (Wildman–Crippen MR) is 60.4 cm³/mol. The van der Waals surface area contributed by atoms with Crippen molar-refractivity contribution in [2.75, 3.05) is 0 Å². The van der Waals surface area contributed by atoms with E-state index in [9.17, 15) is 14.4 Å². The number of rotatable bonds is 3. The number of carbonyl (C=O) groups is 2. The minimum absolute atomic E-state index is 0.0865. The monoisotopic (exact) mass is 266 g/mol. The summed E-state index contributed by atoms with van der Waals surface area (Å²) in [4.78, 5) is 39.7. The number of H-pyrrole nitrogens is 1. The highest BCUT2D eigenvalue weighted by Crippen LogP contribution is 2.05. The van der Waals surface area contributed by atoms with Crippen LogP contribution in [0.25, 0.3) is 5.78 Å². The normalized spacial score (nSPS) is 10.4. The first-order valence-electron chi connectivity index (χ1n) is 5.26. The SMILES string of the molecule is CC(=O)OCc1cc(=O)n2nc(OC(C)=O)nc2[nH]1. The van der Waals surface area contributed by atoms with Crippen molar-refractivity contribution in [1.82, 2.24) is 19.6 Å². The summed E-state index contributed by atoms with van der Waals surface area (Å²) in [5, 5.41) is 3.70. The summed E-state index contributed by atoms with van der Waals surface area (Å²) in [6.07, 6.45) is 0. The van der Waals surface area contributed by atoms with Gasteiger partial charge in [0.1, 0.15) is 6.61 Å². The summed E-state index contributed by atoms with van der Waals surface area (Å²) in [7, 11) is 0. The molecule has 0 atom stereocenters. The van der Waals surface area contributed by atoms with Crippen molar-refractivity contribution in [2.24, 2.45) is 0 Å². The highest BCUT2D eigenvalue weighted by molar-refractivity contribution is 5.68. The van der Waals surface area contributed by atoms with Gasteiger partial charge in [0, 0.05) is 19.9 Å². The van der Waals surface area contributed by atoms with Crippen LogP contribution in [-0.4, -0.2) is 31.5 Å². The Kier molecular flexibility index (Phi) is 3.27. The number of nitrogens with zero attached hydrogens (tertiary/aromatic N) is 3. The lowest BCUT2D eigenvalue weighted by Crippen LogP contribution is -2.16. The molecule has 0 aromatic carbocycles. The smallest absolute Gasteiger partial charge is 0.345 e. The number of hydrogen-bond donors (Lipinski definition) is 1. The molecule has 0 saturated carbocycles. The molecule has 0 bridgehead atoms. The molecule has 0 aliphatic carbocycles. The molecule has 9 nitrogen and oxygen atoms in total. The fourth-order valence-corrected chi connectivity index (χ4v) is 1.35. The zero-order valence-electron chi connectivity index (χ0n) is 10.2. The van der Waals surface area contributed by atoms with Crippen LogP contribution in [0.3, 0.4) is 0 Å². The van der Waals surface area contributed by atoms with E-state index in [1.165, 1.54) is 19.9 Å². The van der Waals surface area contributed by atoms with Crippen LogP contribution in [0.5, 0.6) is 6.01 Å². The Labute approximate surface area is 106 Å². The summed E-state index contributed by atoms with van der Waals surface area (Å²) in [6, 6.07) is 0.979. The van der Waals surface area contributed by atoms with Gasteiger partial charge < -0.3 is 14.5 Å². The number of hydrogen-bond acceptors (Lipinski definition) is 7. The zero-order chi connectivity index (χ0) is 14.0. The lowest BCUT2D eigenvalue weighted by Gasteiger charge is -2.01. The van der Waals surface area contributed by atoms with Crippen LogP contribution < -0.4 is 10.3 Å². The maximum atomic E-state index is 11.7. The number of aromatic nitrogens is 4. The van der Waals surface area contributed by atoms with Gasteiger partial charge in [0.05, 0.1) is 5.69 Å². The number of carbonyl (C=O) groups excluding carboxylic acids is 2. The van der Waals surface area contributed by atoms with Crippen molar-refractivity contribution in [1.29, 1.82) is 0 Å². The quantitative estimate of drug-likeness (QED) is 0.738. The molecule has 2 heterocycles. The maximum Gasteiger partial charge on any atom is 0.345 e. The van der Waals surface area contributed by atoms with Crippen molar-refractivity contribution in [3.8, 4) is 6.01 Å². The van der Waals surface area contributed by atoms with E-state index in [2.05, 4.69) is 19.8 Å². The van der Waals surface area contributed by atoms with E-state index in [1.54, 1.807) is 0 Å².